The number of non-ortho nitro benzene ring substituents is 1. The van der Waals surface area contributed by atoms with E-state index in [4.69, 9.17) is 0 Å². The van der Waals surface area contributed by atoms with Gasteiger partial charge in [-0.1, -0.05) is 0 Å². The number of hydrogen-bond acceptors (Lipinski definition) is 5. The van der Waals surface area contributed by atoms with E-state index in [2.05, 4.69) is 10.7 Å². The molecular weight excluding hydrogens is 412 g/mol. The number of carbonyl (C=O) groups excluding carboxylic acids is 2. The van der Waals surface area contributed by atoms with Gasteiger partial charge in [-0.05, 0) is 37.1 Å². The Hall–Kier alpha value is -3.76. The maximum Gasteiger partial charge on any atom is 0.341 e. The molecule has 0 aromatic heterocycles. The van der Waals surface area contributed by atoms with Crippen LogP contribution in [0.25, 0.3) is 0 Å². The zero-order chi connectivity index (χ0) is 22.2. The minimum Gasteiger partial charge on any atom is -0.371 e. The number of nitro groups is 1. The number of carbonyl (C=O) groups is 2. The third kappa shape index (κ3) is 3.98. The molecular formula is C20H19F2N5O4. The first-order valence-electron chi connectivity index (χ1n) is 9.63. The van der Waals surface area contributed by atoms with Gasteiger partial charge in [0.25, 0.3) is 5.69 Å². The minimum atomic E-state index is -1.09. The normalized spacial score (nSPS) is 17.5. The number of urea groups is 1. The molecule has 2 aromatic rings. The number of piperidine rings is 1. The summed E-state index contributed by atoms with van der Waals surface area (Å²) in [4.78, 5) is 37.3. The van der Waals surface area contributed by atoms with Crippen molar-refractivity contribution >= 4 is 29.0 Å². The summed E-state index contributed by atoms with van der Waals surface area (Å²) >= 11 is 0. The molecule has 11 heteroatoms. The maximum atomic E-state index is 13.4. The molecule has 1 spiro atoms. The zero-order valence-electron chi connectivity index (χ0n) is 16.3. The van der Waals surface area contributed by atoms with Crippen molar-refractivity contribution in [1.82, 2.24) is 10.4 Å². The van der Waals surface area contributed by atoms with Gasteiger partial charge in [0.1, 0.15) is 0 Å². The Morgan fingerprint density at radius 3 is 2.39 bits per heavy atom. The monoisotopic (exact) mass is 431 g/mol. The molecule has 2 aliphatic rings. The van der Waals surface area contributed by atoms with E-state index in [9.17, 15) is 28.5 Å². The Morgan fingerprint density at radius 2 is 1.77 bits per heavy atom. The molecule has 9 nitrogen and oxygen atoms in total. The van der Waals surface area contributed by atoms with E-state index >= 15 is 0 Å². The molecule has 0 atom stereocenters. The largest absolute Gasteiger partial charge is 0.371 e. The first kappa shape index (κ1) is 20.5. The number of hydrogen-bond donors (Lipinski definition) is 2. The van der Waals surface area contributed by atoms with Gasteiger partial charge in [-0.2, -0.15) is 0 Å². The van der Waals surface area contributed by atoms with Crippen molar-refractivity contribution in [2.75, 3.05) is 23.3 Å². The lowest BCUT2D eigenvalue weighted by atomic mass is 9.84. The maximum absolute atomic E-state index is 13.4. The molecule has 2 N–H and O–H groups in total. The van der Waals surface area contributed by atoms with E-state index in [1.54, 1.807) is 12.1 Å². The van der Waals surface area contributed by atoms with Crippen molar-refractivity contribution in [3.05, 3.63) is 64.2 Å². The number of benzene rings is 2. The third-order valence-corrected chi connectivity index (χ3v) is 5.69. The fourth-order valence-corrected chi connectivity index (χ4v) is 4.05. The minimum absolute atomic E-state index is 0.00268. The van der Waals surface area contributed by atoms with Crippen LogP contribution in [0.1, 0.15) is 19.3 Å². The van der Waals surface area contributed by atoms with Crippen molar-refractivity contribution in [3.63, 3.8) is 0 Å². The second-order valence-electron chi connectivity index (χ2n) is 7.59. The van der Waals surface area contributed by atoms with Crippen molar-refractivity contribution < 1.29 is 23.3 Å². The predicted octanol–water partition coefficient (Wildman–Crippen LogP) is 3.18. The summed E-state index contributed by atoms with van der Waals surface area (Å²) in [6.07, 6.45) is 1.09. The summed E-state index contributed by atoms with van der Waals surface area (Å²) in [5.74, 6) is -2.42. The first-order valence-corrected chi connectivity index (χ1v) is 9.63. The fourth-order valence-electron chi connectivity index (χ4n) is 4.05. The average molecular weight is 431 g/mol. The highest BCUT2D eigenvalue weighted by Gasteiger charge is 2.49. The van der Waals surface area contributed by atoms with Crippen LogP contribution in [0.4, 0.5) is 30.6 Å². The van der Waals surface area contributed by atoms with Crippen molar-refractivity contribution in [1.29, 1.82) is 0 Å². The quantitative estimate of drug-likeness (QED) is 0.573. The van der Waals surface area contributed by atoms with Crippen LogP contribution in [0.5, 0.6) is 0 Å². The van der Waals surface area contributed by atoms with Gasteiger partial charge in [-0.3, -0.25) is 20.3 Å². The van der Waals surface area contributed by atoms with Gasteiger partial charge < -0.3 is 10.2 Å². The summed E-state index contributed by atoms with van der Waals surface area (Å²) in [5.41, 5.74) is 2.69. The van der Waals surface area contributed by atoms with Crippen LogP contribution >= 0.6 is 0 Å². The fraction of sp³-hybridized carbons (Fsp3) is 0.300. The topological polar surface area (TPSA) is 108 Å². The van der Waals surface area contributed by atoms with Crippen molar-refractivity contribution in [2.24, 2.45) is 0 Å². The standard InChI is InChI=1S/C20H19F2N5O4/c21-16-6-1-13(11-17(16)22)23-19(29)26-20(12-18(28)24-26)7-9-25(10-8-20)14-2-4-15(5-3-14)27(30)31/h1-6,11H,7-10,12H2,(H,23,29)(H,24,28). The Kier molecular flexibility index (Phi) is 5.17. The van der Waals surface area contributed by atoms with Crippen LogP contribution in [-0.2, 0) is 4.79 Å². The van der Waals surface area contributed by atoms with E-state index in [-0.39, 0.29) is 23.7 Å². The number of nitrogens with zero attached hydrogens (tertiary/aromatic N) is 3. The van der Waals surface area contributed by atoms with Gasteiger partial charge >= 0.3 is 6.03 Å². The summed E-state index contributed by atoms with van der Waals surface area (Å²) in [6, 6.07) is 8.58. The molecule has 3 amide bonds. The molecule has 2 heterocycles. The molecule has 2 fully saturated rings. The van der Waals surface area contributed by atoms with Gasteiger partial charge in [0.05, 0.1) is 16.9 Å². The van der Waals surface area contributed by atoms with Crippen LogP contribution in [0.15, 0.2) is 42.5 Å². The molecule has 0 radical (unpaired) electrons. The number of nitrogens with one attached hydrogen (secondary N) is 2. The molecule has 162 valence electrons. The van der Waals surface area contributed by atoms with Crippen LogP contribution in [0.3, 0.4) is 0 Å². The van der Waals surface area contributed by atoms with Crippen LogP contribution in [0, 0.1) is 21.7 Å². The summed E-state index contributed by atoms with van der Waals surface area (Å²) in [6.45, 7) is 1.06. The molecule has 4 rings (SSSR count). The lowest BCUT2D eigenvalue weighted by Crippen LogP contribution is -2.58. The Bertz CT molecular complexity index is 1040. The van der Waals surface area contributed by atoms with E-state index in [0.717, 1.165) is 17.8 Å². The SMILES string of the molecule is O=C1CC2(CCN(c3ccc([N+](=O)[O-])cc3)CC2)N(C(=O)Nc2ccc(F)c(F)c2)N1. The van der Waals surface area contributed by atoms with Crippen molar-refractivity contribution in [2.45, 2.75) is 24.8 Å². The van der Waals surface area contributed by atoms with Gasteiger partial charge in [-0.15, -0.1) is 0 Å². The Morgan fingerprint density at radius 1 is 1.10 bits per heavy atom. The van der Waals surface area contributed by atoms with E-state index in [1.165, 1.54) is 23.2 Å². The molecule has 0 saturated carbocycles. The van der Waals surface area contributed by atoms with Gasteiger partial charge in [0.15, 0.2) is 11.6 Å². The second-order valence-corrected chi connectivity index (χ2v) is 7.59. The number of halogens is 2. The second kappa shape index (κ2) is 7.82. The third-order valence-electron chi connectivity index (χ3n) is 5.69. The Balaban J connectivity index is 1.46. The van der Waals surface area contributed by atoms with Crippen molar-refractivity contribution in [3.8, 4) is 0 Å². The predicted molar refractivity (Wildman–Crippen MR) is 107 cm³/mol. The molecule has 0 bridgehead atoms. The number of nitro benzene ring substituents is 1. The Labute approximate surface area is 175 Å². The highest BCUT2D eigenvalue weighted by molar-refractivity contribution is 5.94. The number of hydrazine groups is 1. The summed E-state index contributed by atoms with van der Waals surface area (Å²) < 4.78 is 26.6. The molecule has 0 unspecified atom stereocenters. The number of rotatable bonds is 3. The highest BCUT2D eigenvalue weighted by Crippen LogP contribution is 2.37. The number of amides is 3. The lowest BCUT2D eigenvalue weighted by molar-refractivity contribution is -0.384. The molecule has 31 heavy (non-hydrogen) atoms. The van der Waals surface area contributed by atoms with Gasteiger partial charge in [0.2, 0.25) is 5.91 Å². The zero-order valence-corrected chi connectivity index (χ0v) is 16.3. The smallest absolute Gasteiger partial charge is 0.341 e. The average Bonchev–Trinajstić information content (AvgIpc) is 3.07. The molecule has 2 aromatic carbocycles. The van der Waals surface area contributed by atoms with Gasteiger partial charge in [-0.25, -0.2) is 18.6 Å². The van der Waals surface area contributed by atoms with Gasteiger partial charge in [0, 0.05) is 42.7 Å². The first-order chi connectivity index (χ1) is 14.8. The van der Waals surface area contributed by atoms with E-state index < -0.39 is 28.1 Å². The highest BCUT2D eigenvalue weighted by atomic mass is 19.2. The van der Waals surface area contributed by atoms with Crippen LogP contribution in [-0.4, -0.2) is 40.5 Å². The lowest BCUT2D eigenvalue weighted by Gasteiger charge is -2.43. The summed E-state index contributed by atoms with van der Waals surface area (Å²) in [7, 11) is 0. The molecule has 2 aliphatic heterocycles. The van der Waals surface area contributed by atoms with Crippen LogP contribution < -0.4 is 15.6 Å². The number of anilines is 2. The molecule has 0 aliphatic carbocycles. The van der Waals surface area contributed by atoms with Crippen LogP contribution in [0.2, 0.25) is 0 Å². The summed E-state index contributed by atoms with van der Waals surface area (Å²) in [5, 5.41) is 14.6. The van der Waals surface area contributed by atoms with E-state index in [0.29, 0.717) is 25.9 Å². The van der Waals surface area contributed by atoms with E-state index in [1.807, 2.05) is 4.90 Å². The molecule has 2 saturated heterocycles.